The van der Waals surface area contributed by atoms with Gasteiger partial charge in [0.2, 0.25) is 5.91 Å². The van der Waals surface area contributed by atoms with Gasteiger partial charge in [0.1, 0.15) is 5.69 Å². The summed E-state index contributed by atoms with van der Waals surface area (Å²) in [5.74, 6) is -0.530. The first-order chi connectivity index (χ1) is 9.10. The Hall–Kier alpha value is -2.50. The largest absolute Gasteiger partial charge is 0.399 e. The number of likely N-dealkylation sites (N-methyl/N-ethyl adjacent to an activating group) is 1. The van der Waals surface area contributed by atoms with Crippen LogP contribution in [0.25, 0.3) is 10.9 Å². The Morgan fingerprint density at radius 1 is 1.26 bits per heavy atom. The van der Waals surface area contributed by atoms with Crippen LogP contribution < -0.4 is 16.4 Å². The zero-order valence-electron chi connectivity index (χ0n) is 10.6. The summed E-state index contributed by atoms with van der Waals surface area (Å²) < 4.78 is 0. The second-order valence-corrected chi connectivity index (χ2v) is 4.17. The Kier molecular flexibility index (Phi) is 3.70. The first kappa shape index (κ1) is 12.9. The van der Waals surface area contributed by atoms with Crippen molar-refractivity contribution in [2.45, 2.75) is 6.92 Å². The molecular weight excluding hydrogens is 244 g/mol. The van der Waals surface area contributed by atoms with Gasteiger partial charge in [0, 0.05) is 23.1 Å². The maximum atomic E-state index is 11.9. The standard InChI is InChI=1S/C13H16N4O2/c1-2-15-12(18)7-16-13(19)11-6-8-5-9(14)3-4-10(8)17-11/h3-6,17H,2,7,14H2,1H3,(H,15,18)(H,16,19). The van der Waals surface area contributed by atoms with E-state index in [0.29, 0.717) is 17.9 Å². The molecule has 0 bridgehead atoms. The number of hydrogen-bond acceptors (Lipinski definition) is 3. The van der Waals surface area contributed by atoms with E-state index in [4.69, 9.17) is 5.73 Å². The third kappa shape index (κ3) is 3.04. The average Bonchev–Trinajstić information content (AvgIpc) is 2.79. The lowest BCUT2D eigenvalue weighted by molar-refractivity contribution is -0.120. The average molecular weight is 260 g/mol. The molecule has 6 nitrogen and oxygen atoms in total. The Bertz CT molecular complexity index is 618. The third-order valence-electron chi connectivity index (χ3n) is 2.67. The van der Waals surface area contributed by atoms with E-state index in [9.17, 15) is 9.59 Å². The van der Waals surface area contributed by atoms with E-state index in [1.807, 2.05) is 13.0 Å². The lowest BCUT2D eigenvalue weighted by Gasteiger charge is -2.03. The molecule has 0 radical (unpaired) electrons. The number of H-pyrrole nitrogens is 1. The predicted octanol–water partition coefficient (Wildman–Crippen LogP) is 0.616. The minimum Gasteiger partial charge on any atom is -0.399 e. The van der Waals surface area contributed by atoms with E-state index in [1.165, 1.54) is 0 Å². The second-order valence-electron chi connectivity index (χ2n) is 4.17. The molecule has 0 saturated carbocycles. The number of benzene rings is 1. The Balaban J connectivity index is 2.07. The molecule has 100 valence electrons. The summed E-state index contributed by atoms with van der Waals surface area (Å²) in [4.78, 5) is 26.1. The normalized spacial score (nSPS) is 10.4. The molecule has 0 atom stereocenters. The SMILES string of the molecule is CCNC(=O)CNC(=O)c1cc2cc(N)ccc2[nH]1. The molecule has 0 aliphatic carbocycles. The zero-order chi connectivity index (χ0) is 13.8. The number of aromatic nitrogens is 1. The van der Waals surface area contributed by atoms with E-state index < -0.39 is 0 Å². The van der Waals surface area contributed by atoms with Crippen molar-refractivity contribution in [2.24, 2.45) is 0 Å². The van der Waals surface area contributed by atoms with Crippen molar-refractivity contribution in [3.63, 3.8) is 0 Å². The molecule has 19 heavy (non-hydrogen) atoms. The smallest absolute Gasteiger partial charge is 0.268 e. The van der Waals surface area contributed by atoms with Crippen LogP contribution in [0.3, 0.4) is 0 Å². The van der Waals surface area contributed by atoms with Crippen LogP contribution in [0.5, 0.6) is 0 Å². The van der Waals surface area contributed by atoms with Gasteiger partial charge in [-0.1, -0.05) is 0 Å². The first-order valence-corrected chi connectivity index (χ1v) is 6.03. The monoisotopic (exact) mass is 260 g/mol. The molecule has 0 spiro atoms. The fourth-order valence-corrected chi connectivity index (χ4v) is 1.79. The highest BCUT2D eigenvalue weighted by Gasteiger charge is 2.10. The molecule has 1 heterocycles. The van der Waals surface area contributed by atoms with Crippen molar-refractivity contribution in [1.29, 1.82) is 0 Å². The summed E-state index contributed by atoms with van der Waals surface area (Å²) in [5.41, 5.74) is 7.55. The number of amides is 2. The van der Waals surface area contributed by atoms with Crippen LogP contribution in [0, 0.1) is 0 Å². The summed E-state index contributed by atoms with van der Waals surface area (Å²) in [7, 11) is 0. The van der Waals surface area contributed by atoms with Crippen molar-refractivity contribution in [3.8, 4) is 0 Å². The van der Waals surface area contributed by atoms with Crippen LogP contribution in [-0.2, 0) is 4.79 Å². The summed E-state index contributed by atoms with van der Waals surface area (Å²) in [5, 5.41) is 6.02. The highest BCUT2D eigenvalue weighted by Crippen LogP contribution is 2.18. The van der Waals surface area contributed by atoms with Crippen LogP contribution in [0.15, 0.2) is 24.3 Å². The Morgan fingerprint density at radius 2 is 2.05 bits per heavy atom. The van der Waals surface area contributed by atoms with Crippen molar-refractivity contribution in [2.75, 3.05) is 18.8 Å². The molecule has 0 aliphatic rings. The number of nitrogens with one attached hydrogen (secondary N) is 3. The molecule has 2 rings (SSSR count). The van der Waals surface area contributed by atoms with Gasteiger partial charge in [0.25, 0.3) is 5.91 Å². The molecule has 1 aromatic carbocycles. The van der Waals surface area contributed by atoms with Gasteiger partial charge < -0.3 is 21.4 Å². The van der Waals surface area contributed by atoms with Gasteiger partial charge in [-0.2, -0.15) is 0 Å². The van der Waals surface area contributed by atoms with Crippen LogP contribution in [0.4, 0.5) is 5.69 Å². The van der Waals surface area contributed by atoms with Gasteiger partial charge in [-0.3, -0.25) is 9.59 Å². The minimum absolute atomic E-state index is 0.0375. The number of rotatable bonds is 4. The molecule has 1 aromatic heterocycles. The molecule has 2 amide bonds. The number of anilines is 1. The topological polar surface area (TPSA) is 100 Å². The van der Waals surface area contributed by atoms with E-state index in [1.54, 1.807) is 18.2 Å². The Labute approximate surface area is 110 Å². The van der Waals surface area contributed by atoms with E-state index in [2.05, 4.69) is 15.6 Å². The van der Waals surface area contributed by atoms with Gasteiger partial charge in [-0.05, 0) is 31.2 Å². The van der Waals surface area contributed by atoms with Crippen molar-refractivity contribution in [3.05, 3.63) is 30.0 Å². The first-order valence-electron chi connectivity index (χ1n) is 6.03. The van der Waals surface area contributed by atoms with Gasteiger partial charge in [0.15, 0.2) is 0 Å². The summed E-state index contributed by atoms with van der Waals surface area (Å²) in [6.07, 6.45) is 0. The highest BCUT2D eigenvalue weighted by molar-refractivity contribution is 5.99. The fourth-order valence-electron chi connectivity index (χ4n) is 1.79. The number of fused-ring (bicyclic) bond motifs is 1. The van der Waals surface area contributed by atoms with Gasteiger partial charge in [-0.25, -0.2) is 0 Å². The molecule has 0 fully saturated rings. The lowest BCUT2D eigenvalue weighted by atomic mass is 10.2. The fraction of sp³-hybridized carbons (Fsp3) is 0.231. The zero-order valence-corrected chi connectivity index (χ0v) is 10.6. The van der Waals surface area contributed by atoms with Gasteiger partial charge >= 0.3 is 0 Å². The predicted molar refractivity (Wildman–Crippen MR) is 73.7 cm³/mol. The van der Waals surface area contributed by atoms with Crippen molar-refractivity contribution < 1.29 is 9.59 Å². The van der Waals surface area contributed by atoms with E-state index in [0.717, 1.165) is 10.9 Å². The number of nitrogen functional groups attached to an aromatic ring is 1. The molecule has 2 aromatic rings. The van der Waals surface area contributed by atoms with E-state index >= 15 is 0 Å². The molecule has 0 aliphatic heterocycles. The maximum Gasteiger partial charge on any atom is 0.268 e. The Morgan fingerprint density at radius 3 is 2.79 bits per heavy atom. The molecule has 5 N–H and O–H groups in total. The molecular formula is C13H16N4O2. The number of nitrogens with two attached hydrogens (primary N) is 1. The number of hydrogen-bond donors (Lipinski definition) is 4. The number of aromatic amines is 1. The highest BCUT2D eigenvalue weighted by atomic mass is 16.2. The minimum atomic E-state index is -0.318. The number of carbonyl (C=O) groups is 2. The van der Waals surface area contributed by atoms with Gasteiger partial charge in [0.05, 0.1) is 6.54 Å². The molecule has 0 unspecified atom stereocenters. The van der Waals surface area contributed by atoms with E-state index in [-0.39, 0.29) is 18.4 Å². The lowest BCUT2D eigenvalue weighted by Crippen LogP contribution is -2.36. The van der Waals surface area contributed by atoms with Crippen LogP contribution in [0.2, 0.25) is 0 Å². The summed E-state index contributed by atoms with van der Waals surface area (Å²) in [6, 6.07) is 7.06. The third-order valence-corrected chi connectivity index (χ3v) is 2.67. The quantitative estimate of drug-likeness (QED) is 0.606. The van der Waals surface area contributed by atoms with Crippen LogP contribution in [0.1, 0.15) is 17.4 Å². The maximum absolute atomic E-state index is 11.9. The van der Waals surface area contributed by atoms with Gasteiger partial charge in [-0.15, -0.1) is 0 Å². The second kappa shape index (κ2) is 5.43. The molecule has 0 saturated heterocycles. The van der Waals surface area contributed by atoms with Crippen molar-refractivity contribution in [1.82, 2.24) is 15.6 Å². The van der Waals surface area contributed by atoms with Crippen molar-refractivity contribution >= 4 is 28.4 Å². The van der Waals surface area contributed by atoms with Crippen LogP contribution >= 0.6 is 0 Å². The summed E-state index contributed by atoms with van der Waals surface area (Å²) >= 11 is 0. The molecule has 6 heteroatoms. The summed E-state index contributed by atoms with van der Waals surface area (Å²) in [6.45, 7) is 2.33. The number of carbonyl (C=O) groups excluding carboxylic acids is 2. The van der Waals surface area contributed by atoms with Crippen LogP contribution in [-0.4, -0.2) is 29.9 Å².